The second-order valence-corrected chi connectivity index (χ2v) is 12.2. The first-order valence-electron chi connectivity index (χ1n) is 9.17. The molecule has 0 aliphatic rings. The summed E-state index contributed by atoms with van der Waals surface area (Å²) in [6.45, 7) is 13.2. The van der Waals surface area contributed by atoms with Gasteiger partial charge in [0, 0.05) is 0 Å². The first kappa shape index (κ1) is 21.7. The van der Waals surface area contributed by atoms with Gasteiger partial charge in [-0.3, -0.25) is 0 Å². The van der Waals surface area contributed by atoms with Crippen molar-refractivity contribution < 1.29 is 6.15 Å². The minimum atomic E-state index is -2.01. The van der Waals surface area contributed by atoms with Crippen LogP contribution in [0.1, 0.15) is 86.0 Å². The molecule has 0 heterocycles. The van der Waals surface area contributed by atoms with Crippen LogP contribution in [0.4, 0.5) is 0 Å². The van der Waals surface area contributed by atoms with Gasteiger partial charge in [-0.25, -0.2) is 0 Å². The van der Waals surface area contributed by atoms with Crippen LogP contribution in [0.2, 0.25) is 4.44 Å². The molecular weight excluding hydrogens is 367 g/mol. The van der Waals surface area contributed by atoms with Gasteiger partial charge in [-0.05, 0) is 0 Å². The molecule has 0 atom stereocenters. The Kier molecular flexibility index (Phi) is 16.1. The molecule has 21 heavy (non-hydrogen) atoms. The van der Waals surface area contributed by atoms with Gasteiger partial charge in [0.2, 0.25) is 0 Å². The Hall–Kier alpha value is 0.719. The summed E-state index contributed by atoms with van der Waals surface area (Å²) in [6, 6.07) is 0. The molecule has 0 aromatic rings. The van der Waals surface area contributed by atoms with Crippen molar-refractivity contribution >= 4 is 20.6 Å². The van der Waals surface area contributed by atoms with Crippen molar-refractivity contribution in [3.63, 3.8) is 0 Å². The second-order valence-electron chi connectivity index (χ2n) is 6.95. The quantitative estimate of drug-likeness (QED) is 0.247. The monoisotopic (exact) mass is 407 g/mol. The Bertz CT molecular complexity index is 193. The summed E-state index contributed by atoms with van der Waals surface area (Å²) < 4.78 is 13.5. The topological polar surface area (TPSA) is 18.5 Å². The molecular formula is C18H39O2Sn. The first-order valence-corrected chi connectivity index (χ1v) is 13.5. The van der Waals surface area contributed by atoms with E-state index in [-0.39, 0.29) is 0 Å². The third kappa shape index (κ3) is 16.9. The van der Waals surface area contributed by atoms with Crippen molar-refractivity contribution in [1.82, 2.24) is 0 Å². The Labute approximate surface area is 142 Å². The normalized spacial score (nSPS) is 12.0. The number of unbranched alkanes of at least 4 members (excludes halogenated alkanes) is 5. The molecule has 0 unspecified atom stereocenters. The fourth-order valence-electron chi connectivity index (χ4n) is 2.05. The maximum absolute atomic E-state index is 6.14. The summed E-state index contributed by atoms with van der Waals surface area (Å²) in [5.41, 5.74) is 0. The summed E-state index contributed by atoms with van der Waals surface area (Å²) >= 11 is -2.01. The van der Waals surface area contributed by atoms with Gasteiger partial charge in [0.25, 0.3) is 0 Å². The second kappa shape index (κ2) is 15.6. The van der Waals surface area contributed by atoms with Crippen molar-refractivity contribution in [3.05, 3.63) is 0 Å². The van der Waals surface area contributed by atoms with Crippen LogP contribution in [0.15, 0.2) is 0 Å². The van der Waals surface area contributed by atoms with E-state index >= 15 is 0 Å². The predicted octanol–water partition coefficient (Wildman–Crippen LogP) is 5.96. The Morgan fingerprint density at radius 2 is 1.19 bits per heavy atom. The van der Waals surface area contributed by atoms with Gasteiger partial charge in [0.1, 0.15) is 0 Å². The third-order valence-electron chi connectivity index (χ3n) is 3.65. The zero-order valence-electron chi connectivity index (χ0n) is 15.2. The van der Waals surface area contributed by atoms with Gasteiger partial charge in [-0.2, -0.15) is 0 Å². The SMILES string of the molecule is CCCCCCC[CH2][Sn]([O]CCC(C)C)[O]CCC(C)C. The minimum absolute atomic E-state index is 0.736. The zero-order valence-corrected chi connectivity index (χ0v) is 18.1. The van der Waals surface area contributed by atoms with Crippen molar-refractivity contribution in [2.45, 2.75) is 90.4 Å². The average Bonchev–Trinajstić information content (AvgIpc) is 2.41. The molecule has 0 rings (SSSR count). The van der Waals surface area contributed by atoms with Crippen LogP contribution in [-0.4, -0.2) is 33.8 Å². The van der Waals surface area contributed by atoms with Gasteiger partial charge < -0.3 is 0 Å². The van der Waals surface area contributed by atoms with E-state index in [0.717, 1.165) is 25.0 Å². The van der Waals surface area contributed by atoms with Crippen LogP contribution in [0.25, 0.3) is 0 Å². The summed E-state index contributed by atoms with van der Waals surface area (Å²) in [4.78, 5) is 0. The van der Waals surface area contributed by atoms with Crippen LogP contribution in [0.3, 0.4) is 0 Å². The average molecular weight is 406 g/mol. The molecule has 0 N–H and O–H groups in total. The van der Waals surface area contributed by atoms with Crippen LogP contribution in [-0.2, 0) is 6.15 Å². The maximum atomic E-state index is 6.14. The van der Waals surface area contributed by atoms with E-state index in [9.17, 15) is 0 Å². The van der Waals surface area contributed by atoms with Crippen molar-refractivity contribution in [2.24, 2.45) is 11.8 Å². The molecule has 0 saturated heterocycles. The molecule has 0 amide bonds. The van der Waals surface area contributed by atoms with E-state index < -0.39 is 20.6 Å². The Balaban J connectivity index is 3.77. The molecule has 0 bridgehead atoms. The molecule has 3 heteroatoms. The van der Waals surface area contributed by atoms with E-state index in [2.05, 4.69) is 34.6 Å². The van der Waals surface area contributed by atoms with Gasteiger partial charge in [-0.15, -0.1) is 0 Å². The van der Waals surface area contributed by atoms with Gasteiger partial charge >= 0.3 is 142 Å². The van der Waals surface area contributed by atoms with Gasteiger partial charge in [0.05, 0.1) is 0 Å². The zero-order chi connectivity index (χ0) is 15.9. The molecule has 0 saturated carbocycles. The van der Waals surface area contributed by atoms with Crippen LogP contribution >= 0.6 is 0 Å². The molecule has 2 nitrogen and oxygen atoms in total. The first-order chi connectivity index (χ1) is 10.1. The molecule has 1 radical (unpaired) electrons. The van der Waals surface area contributed by atoms with Gasteiger partial charge in [-0.1, -0.05) is 0 Å². The number of hydrogen-bond donors (Lipinski definition) is 0. The molecule has 0 spiro atoms. The Morgan fingerprint density at radius 1 is 0.714 bits per heavy atom. The molecule has 127 valence electrons. The summed E-state index contributed by atoms with van der Waals surface area (Å²) in [6.07, 6.45) is 10.5. The van der Waals surface area contributed by atoms with Crippen molar-refractivity contribution in [2.75, 3.05) is 13.2 Å². The van der Waals surface area contributed by atoms with E-state index in [0.29, 0.717) is 0 Å². The summed E-state index contributed by atoms with van der Waals surface area (Å²) in [7, 11) is 0. The summed E-state index contributed by atoms with van der Waals surface area (Å²) in [5.74, 6) is 1.47. The van der Waals surface area contributed by atoms with E-state index in [1.54, 1.807) is 0 Å². The molecule has 0 aromatic carbocycles. The number of hydrogen-bond acceptors (Lipinski definition) is 2. The Morgan fingerprint density at radius 3 is 1.67 bits per heavy atom. The predicted molar refractivity (Wildman–Crippen MR) is 94.8 cm³/mol. The molecule has 0 fully saturated rings. The van der Waals surface area contributed by atoms with Crippen LogP contribution < -0.4 is 0 Å². The summed E-state index contributed by atoms with van der Waals surface area (Å²) in [5, 5.41) is 0. The van der Waals surface area contributed by atoms with Crippen molar-refractivity contribution in [1.29, 1.82) is 0 Å². The van der Waals surface area contributed by atoms with Crippen LogP contribution in [0.5, 0.6) is 0 Å². The third-order valence-corrected chi connectivity index (χ3v) is 8.83. The molecule has 0 aliphatic carbocycles. The van der Waals surface area contributed by atoms with Gasteiger partial charge in [0.15, 0.2) is 0 Å². The van der Waals surface area contributed by atoms with Crippen molar-refractivity contribution in [3.8, 4) is 0 Å². The van der Waals surface area contributed by atoms with E-state index in [1.807, 2.05) is 0 Å². The standard InChI is InChI=1S/C8H17.2C5H11O.Sn/c1-3-5-7-8-6-4-2;2*1-5(2)3-4-6;/h1,3-8H2,2H3;2*5H,3-4H2,1-2H3;/q;2*-1;+2. The fourth-order valence-corrected chi connectivity index (χ4v) is 6.62. The van der Waals surface area contributed by atoms with E-state index in [4.69, 9.17) is 6.15 Å². The number of rotatable bonds is 15. The van der Waals surface area contributed by atoms with Crippen LogP contribution in [0, 0.1) is 11.8 Å². The van der Waals surface area contributed by atoms with E-state index in [1.165, 1.54) is 55.8 Å². The molecule has 0 aliphatic heterocycles. The fraction of sp³-hybridized carbons (Fsp3) is 1.00. The molecule has 0 aromatic heterocycles.